The Morgan fingerprint density at radius 1 is 1.25 bits per heavy atom. The van der Waals surface area contributed by atoms with Crippen molar-refractivity contribution in [2.24, 2.45) is 0 Å². The van der Waals surface area contributed by atoms with Gasteiger partial charge in [0.2, 0.25) is 10.0 Å². The molecule has 0 spiro atoms. The van der Waals surface area contributed by atoms with Crippen LogP contribution in [-0.4, -0.2) is 18.6 Å². The zero-order valence-corrected chi connectivity index (χ0v) is 13.8. The maximum atomic E-state index is 12.4. The third-order valence-electron chi connectivity index (χ3n) is 3.03. The second-order valence-electron chi connectivity index (χ2n) is 4.66. The molecule has 0 bridgehead atoms. The molecule has 0 aliphatic heterocycles. The lowest BCUT2D eigenvalue weighted by molar-refractivity contribution is 0.566. The van der Waals surface area contributed by atoms with Gasteiger partial charge in [-0.3, -0.25) is 5.10 Å². The molecule has 0 saturated heterocycles. The highest BCUT2D eigenvalue weighted by Gasteiger charge is 2.24. The fourth-order valence-corrected chi connectivity index (χ4v) is 3.91. The van der Waals surface area contributed by atoms with Crippen molar-refractivity contribution in [2.45, 2.75) is 31.7 Å². The minimum atomic E-state index is -3.59. The molecule has 108 valence electrons. The summed E-state index contributed by atoms with van der Waals surface area (Å²) in [6.45, 7) is 5.17. The molecule has 1 heterocycles. The molecule has 20 heavy (non-hydrogen) atoms. The summed E-state index contributed by atoms with van der Waals surface area (Å²) in [5, 5.41) is 6.61. The van der Waals surface area contributed by atoms with Crippen molar-refractivity contribution in [1.82, 2.24) is 14.9 Å². The van der Waals surface area contributed by atoms with Gasteiger partial charge in [0, 0.05) is 10.5 Å². The van der Waals surface area contributed by atoms with E-state index < -0.39 is 10.0 Å². The SMILES string of the molecule is Cc1n[nH]c(C)c1S(=O)(=O)N[C@H](C)c1ccc(Br)cc1. The predicted molar refractivity (Wildman–Crippen MR) is 80.9 cm³/mol. The maximum absolute atomic E-state index is 12.4. The van der Waals surface area contributed by atoms with Gasteiger partial charge in [0.05, 0.1) is 11.4 Å². The predicted octanol–water partition coefficient (Wildman–Crippen LogP) is 2.83. The normalized spacial score (nSPS) is 13.4. The molecule has 0 aliphatic carbocycles. The number of aromatic amines is 1. The molecule has 7 heteroatoms. The van der Waals surface area contributed by atoms with Gasteiger partial charge in [-0.2, -0.15) is 5.10 Å². The largest absolute Gasteiger partial charge is 0.281 e. The van der Waals surface area contributed by atoms with Gasteiger partial charge in [-0.15, -0.1) is 0 Å². The monoisotopic (exact) mass is 357 g/mol. The Hall–Kier alpha value is -1.18. The minimum absolute atomic E-state index is 0.224. The molecular weight excluding hydrogens is 342 g/mol. The van der Waals surface area contributed by atoms with E-state index in [-0.39, 0.29) is 10.9 Å². The number of nitrogens with one attached hydrogen (secondary N) is 2. The van der Waals surface area contributed by atoms with Crippen molar-refractivity contribution in [1.29, 1.82) is 0 Å². The summed E-state index contributed by atoms with van der Waals surface area (Å²) in [6, 6.07) is 7.21. The second kappa shape index (κ2) is 5.67. The first-order chi connectivity index (χ1) is 9.31. The summed E-state index contributed by atoms with van der Waals surface area (Å²) in [6.07, 6.45) is 0. The van der Waals surface area contributed by atoms with Gasteiger partial charge in [0.25, 0.3) is 0 Å². The van der Waals surface area contributed by atoms with Crippen LogP contribution >= 0.6 is 15.9 Å². The smallest absolute Gasteiger partial charge is 0.244 e. The number of rotatable bonds is 4. The molecule has 0 saturated carbocycles. The molecule has 1 atom stereocenters. The third kappa shape index (κ3) is 3.11. The molecule has 2 N–H and O–H groups in total. The molecule has 0 radical (unpaired) electrons. The Kier molecular flexibility index (Phi) is 4.31. The first kappa shape index (κ1) is 15.2. The average molecular weight is 358 g/mol. The van der Waals surface area contributed by atoms with Crippen LogP contribution in [0.25, 0.3) is 0 Å². The van der Waals surface area contributed by atoms with Crippen LogP contribution in [0.15, 0.2) is 33.6 Å². The van der Waals surface area contributed by atoms with Crippen LogP contribution < -0.4 is 4.72 Å². The van der Waals surface area contributed by atoms with Crippen LogP contribution in [0.5, 0.6) is 0 Å². The van der Waals surface area contributed by atoms with Crippen molar-refractivity contribution >= 4 is 26.0 Å². The van der Waals surface area contributed by atoms with E-state index >= 15 is 0 Å². The Morgan fingerprint density at radius 2 is 1.85 bits per heavy atom. The molecular formula is C13H16BrN3O2S. The van der Waals surface area contributed by atoms with Gasteiger partial charge in [-0.05, 0) is 38.5 Å². The number of benzene rings is 1. The van der Waals surface area contributed by atoms with Crippen LogP contribution in [0.1, 0.15) is 29.9 Å². The van der Waals surface area contributed by atoms with Crippen molar-refractivity contribution in [3.8, 4) is 0 Å². The van der Waals surface area contributed by atoms with Gasteiger partial charge in [0.1, 0.15) is 4.90 Å². The quantitative estimate of drug-likeness (QED) is 0.883. The Morgan fingerprint density at radius 3 is 2.35 bits per heavy atom. The Labute approximate surface area is 127 Å². The van der Waals surface area contributed by atoms with E-state index in [1.165, 1.54) is 0 Å². The van der Waals surface area contributed by atoms with E-state index in [4.69, 9.17) is 0 Å². The molecule has 0 amide bonds. The van der Waals surface area contributed by atoms with Crippen molar-refractivity contribution in [3.63, 3.8) is 0 Å². The first-order valence-electron chi connectivity index (χ1n) is 6.10. The van der Waals surface area contributed by atoms with Gasteiger partial charge in [-0.1, -0.05) is 28.1 Å². The van der Waals surface area contributed by atoms with Crippen LogP contribution in [0.2, 0.25) is 0 Å². The summed E-state index contributed by atoms with van der Waals surface area (Å²) >= 11 is 3.36. The lowest BCUT2D eigenvalue weighted by Crippen LogP contribution is -2.27. The average Bonchev–Trinajstić information content (AvgIpc) is 2.69. The molecule has 2 rings (SSSR count). The Balaban J connectivity index is 2.27. The number of aromatic nitrogens is 2. The van der Waals surface area contributed by atoms with Crippen molar-refractivity contribution < 1.29 is 8.42 Å². The second-order valence-corrected chi connectivity index (χ2v) is 7.22. The lowest BCUT2D eigenvalue weighted by Gasteiger charge is -2.15. The molecule has 2 aromatic rings. The number of aryl methyl sites for hydroxylation is 2. The fourth-order valence-electron chi connectivity index (χ4n) is 2.05. The molecule has 1 aromatic heterocycles. The number of halogens is 1. The molecule has 5 nitrogen and oxygen atoms in total. The minimum Gasteiger partial charge on any atom is -0.281 e. The number of nitrogens with zero attached hydrogens (tertiary/aromatic N) is 1. The highest BCUT2D eigenvalue weighted by atomic mass is 79.9. The van der Waals surface area contributed by atoms with Crippen LogP contribution in [0, 0.1) is 13.8 Å². The molecule has 0 aliphatic rings. The van der Waals surface area contributed by atoms with E-state index in [1.54, 1.807) is 13.8 Å². The van der Waals surface area contributed by atoms with E-state index in [1.807, 2.05) is 31.2 Å². The summed E-state index contributed by atoms with van der Waals surface area (Å²) in [4.78, 5) is 0.224. The number of hydrogen-bond donors (Lipinski definition) is 2. The van der Waals surface area contributed by atoms with E-state index in [9.17, 15) is 8.42 Å². The van der Waals surface area contributed by atoms with E-state index in [0.717, 1.165) is 10.0 Å². The van der Waals surface area contributed by atoms with E-state index in [2.05, 4.69) is 30.8 Å². The summed E-state index contributed by atoms with van der Waals surface area (Å²) in [7, 11) is -3.59. The molecule has 0 unspecified atom stereocenters. The Bertz CT molecular complexity index is 688. The van der Waals surface area contributed by atoms with Crippen LogP contribution in [0.4, 0.5) is 0 Å². The number of sulfonamides is 1. The standard InChI is InChI=1S/C13H16BrN3O2S/c1-8(11-4-6-12(14)7-5-11)17-20(18,19)13-9(2)15-16-10(13)3/h4-8,17H,1-3H3,(H,15,16)/t8-/m1/s1. The van der Waals surface area contributed by atoms with Gasteiger partial charge in [-0.25, -0.2) is 13.1 Å². The fraction of sp³-hybridized carbons (Fsp3) is 0.308. The van der Waals surface area contributed by atoms with Gasteiger partial charge < -0.3 is 0 Å². The zero-order chi connectivity index (χ0) is 14.9. The van der Waals surface area contributed by atoms with Crippen molar-refractivity contribution in [2.75, 3.05) is 0 Å². The maximum Gasteiger partial charge on any atom is 0.244 e. The van der Waals surface area contributed by atoms with E-state index in [0.29, 0.717) is 11.4 Å². The van der Waals surface area contributed by atoms with Crippen LogP contribution in [0.3, 0.4) is 0 Å². The highest BCUT2D eigenvalue weighted by Crippen LogP contribution is 2.21. The topological polar surface area (TPSA) is 74.8 Å². The third-order valence-corrected chi connectivity index (χ3v) is 5.36. The summed E-state index contributed by atoms with van der Waals surface area (Å²) in [5.74, 6) is 0. The first-order valence-corrected chi connectivity index (χ1v) is 8.38. The van der Waals surface area contributed by atoms with Crippen LogP contribution in [-0.2, 0) is 10.0 Å². The summed E-state index contributed by atoms with van der Waals surface area (Å²) < 4.78 is 28.4. The van der Waals surface area contributed by atoms with Gasteiger partial charge >= 0.3 is 0 Å². The zero-order valence-electron chi connectivity index (χ0n) is 11.4. The molecule has 1 aromatic carbocycles. The molecule has 0 fully saturated rings. The lowest BCUT2D eigenvalue weighted by atomic mass is 10.1. The number of hydrogen-bond acceptors (Lipinski definition) is 3. The van der Waals surface area contributed by atoms with Gasteiger partial charge in [0.15, 0.2) is 0 Å². The highest BCUT2D eigenvalue weighted by molar-refractivity contribution is 9.10. The summed E-state index contributed by atoms with van der Waals surface area (Å²) in [5.41, 5.74) is 1.91. The van der Waals surface area contributed by atoms with Crippen molar-refractivity contribution in [3.05, 3.63) is 45.7 Å². The number of H-pyrrole nitrogens is 1.